The predicted octanol–water partition coefficient (Wildman–Crippen LogP) is 2.19. The molecule has 0 amide bonds. The summed E-state index contributed by atoms with van der Waals surface area (Å²) in [7, 11) is 1.99. The van der Waals surface area contributed by atoms with E-state index < -0.39 is 0 Å². The van der Waals surface area contributed by atoms with Gasteiger partial charge in [0.25, 0.3) is 0 Å². The standard InChI is InChI=1S/C11H21N3/c1-6-7-14-10(4)11(8(2)12-5)9(3)13-14/h8,12H,6-7H2,1-5H3. The van der Waals surface area contributed by atoms with Crippen molar-refractivity contribution < 1.29 is 0 Å². The van der Waals surface area contributed by atoms with E-state index in [-0.39, 0.29) is 0 Å². The Morgan fingerprint density at radius 1 is 1.43 bits per heavy atom. The van der Waals surface area contributed by atoms with E-state index in [4.69, 9.17) is 0 Å². The molecule has 0 spiro atoms. The lowest BCUT2D eigenvalue weighted by Crippen LogP contribution is -2.14. The molecule has 0 saturated heterocycles. The molecule has 0 saturated carbocycles. The van der Waals surface area contributed by atoms with E-state index >= 15 is 0 Å². The minimum atomic E-state index is 0.389. The molecule has 0 aromatic carbocycles. The molecule has 1 N–H and O–H groups in total. The zero-order valence-electron chi connectivity index (χ0n) is 9.89. The van der Waals surface area contributed by atoms with E-state index in [0.717, 1.165) is 18.7 Å². The van der Waals surface area contributed by atoms with Crippen LogP contribution in [0.2, 0.25) is 0 Å². The van der Waals surface area contributed by atoms with Crippen LogP contribution in [-0.2, 0) is 6.54 Å². The molecule has 3 nitrogen and oxygen atoms in total. The Morgan fingerprint density at radius 3 is 2.57 bits per heavy atom. The second-order valence-electron chi connectivity index (χ2n) is 3.82. The number of hydrogen-bond donors (Lipinski definition) is 1. The summed E-state index contributed by atoms with van der Waals surface area (Å²) in [6.45, 7) is 9.61. The molecule has 1 aromatic rings. The summed E-state index contributed by atoms with van der Waals surface area (Å²) >= 11 is 0. The van der Waals surface area contributed by atoms with Crippen LogP contribution < -0.4 is 5.32 Å². The average molecular weight is 195 g/mol. The molecule has 0 aliphatic rings. The largest absolute Gasteiger partial charge is 0.313 e. The van der Waals surface area contributed by atoms with Crippen LogP contribution in [0.4, 0.5) is 0 Å². The van der Waals surface area contributed by atoms with Gasteiger partial charge < -0.3 is 5.32 Å². The molecule has 0 fully saturated rings. The van der Waals surface area contributed by atoms with Gasteiger partial charge in [0.05, 0.1) is 5.69 Å². The molecule has 0 bridgehead atoms. The zero-order chi connectivity index (χ0) is 10.7. The first kappa shape index (κ1) is 11.2. The lowest BCUT2D eigenvalue weighted by atomic mass is 10.1. The van der Waals surface area contributed by atoms with E-state index in [1.54, 1.807) is 0 Å². The molecular weight excluding hydrogens is 174 g/mol. The van der Waals surface area contributed by atoms with Crippen LogP contribution in [0.1, 0.15) is 43.3 Å². The van der Waals surface area contributed by atoms with Gasteiger partial charge in [0.1, 0.15) is 0 Å². The van der Waals surface area contributed by atoms with Crippen LogP contribution in [0.3, 0.4) is 0 Å². The van der Waals surface area contributed by atoms with Crippen LogP contribution in [-0.4, -0.2) is 16.8 Å². The summed E-state index contributed by atoms with van der Waals surface area (Å²) < 4.78 is 2.11. The van der Waals surface area contributed by atoms with Crippen LogP contribution in [0.5, 0.6) is 0 Å². The van der Waals surface area contributed by atoms with Gasteiger partial charge in [-0.2, -0.15) is 5.10 Å². The van der Waals surface area contributed by atoms with Crippen molar-refractivity contribution in [3.63, 3.8) is 0 Å². The smallest absolute Gasteiger partial charge is 0.0644 e. The fraction of sp³-hybridized carbons (Fsp3) is 0.727. The topological polar surface area (TPSA) is 29.9 Å². The van der Waals surface area contributed by atoms with Gasteiger partial charge in [-0.05, 0) is 34.2 Å². The van der Waals surface area contributed by atoms with Gasteiger partial charge in [0.2, 0.25) is 0 Å². The van der Waals surface area contributed by atoms with Gasteiger partial charge >= 0.3 is 0 Å². The molecule has 0 aliphatic heterocycles. The average Bonchev–Trinajstić information content (AvgIpc) is 2.42. The monoisotopic (exact) mass is 195 g/mol. The van der Waals surface area contributed by atoms with Crippen molar-refractivity contribution in [2.24, 2.45) is 0 Å². The molecule has 1 atom stereocenters. The molecule has 1 heterocycles. The van der Waals surface area contributed by atoms with Crippen molar-refractivity contribution in [1.82, 2.24) is 15.1 Å². The van der Waals surface area contributed by atoms with Gasteiger partial charge in [-0.15, -0.1) is 0 Å². The first-order valence-electron chi connectivity index (χ1n) is 5.33. The quantitative estimate of drug-likeness (QED) is 0.798. The van der Waals surface area contributed by atoms with E-state index in [9.17, 15) is 0 Å². The lowest BCUT2D eigenvalue weighted by molar-refractivity contribution is 0.579. The number of hydrogen-bond acceptors (Lipinski definition) is 2. The Hall–Kier alpha value is -0.830. The number of rotatable bonds is 4. The van der Waals surface area contributed by atoms with Crippen LogP contribution in [0.25, 0.3) is 0 Å². The van der Waals surface area contributed by atoms with Gasteiger partial charge in [-0.25, -0.2) is 0 Å². The highest BCUT2D eigenvalue weighted by molar-refractivity contribution is 5.27. The Kier molecular flexibility index (Phi) is 3.69. The highest BCUT2D eigenvalue weighted by Crippen LogP contribution is 2.20. The maximum Gasteiger partial charge on any atom is 0.0644 e. The van der Waals surface area contributed by atoms with Gasteiger partial charge in [0, 0.05) is 23.8 Å². The van der Waals surface area contributed by atoms with Gasteiger partial charge in [0.15, 0.2) is 0 Å². The van der Waals surface area contributed by atoms with Crippen molar-refractivity contribution in [1.29, 1.82) is 0 Å². The minimum Gasteiger partial charge on any atom is -0.313 e. The maximum atomic E-state index is 4.55. The fourth-order valence-electron chi connectivity index (χ4n) is 1.91. The third-order valence-corrected chi connectivity index (χ3v) is 2.74. The van der Waals surface area contributed by atoms with Crippen molar-refractivity contribution in [2.45, 2.75) is 46.7 Å². The summed E-state index contributed by atoms with van der Waals surface area (Å²) in [6, 6.07) is 0.389. The van der Waals surface area contributed by atoms with Crippen LogP contribution in [0, 0.1) is 13.8 Å². The van der Waals surface area contributed by atoms with E-state index in [2.05, 4.69) is 42.8 Å². The Morgan fingerprint density at radius 2 is 2.07 bits per heavy atom. The normalized spacial score (nSPS) is 13.2. The molecule has 0 radical (unpaired) electrons. The molecule has 0 aliphatic carbocycles. The molecule has 1 unspecified atom stereocenters. The van der Waals surface area contributed by atoms with Crippen molar-refractivity contribution >= 4 is 0 Å². The van der Waals surface area contributed by atoms with Gasteiger partial charge in [-0.1, -0.05) is 6.92 Å². The van der Waals surface area contributed by atoms with E-state index in [0.29, 0.717) is 6.04 Å². The highest BCUT2D eigenvalue weighted by atomic mass is 15.3. The fourth-order valence-corrected chi connectivity index (χ4v) is 1.91. The first-order chi connectivity index (χ1) is 6.61. The predicted molar refractivity (Wildman–Crippen MR) is 59.5 cm³/mol. The van der Waals surface area contributed by atoms with Crippen LogP contribution in [0.15, 0.2) is 0 Å². The second kappa shape index (κ2) is 4.60. The summed E-state index contributed by atoms with van der Waals surface area (Å²) in [5.74, 6) is 0. The third-order valence-electron chi connectivity index (χ3n) is 2.74. The third kappa shape index (κ3) is 1.98. The number of aryl methyl sites for hydroxylation is 2. The zero-order valence-corrected chi connectivity index (χ0v) is 9.89. The highest BCUT2D eigenvalue weighted by Gasteiger charge is 2.15. The SMILES string of the molecule is CCCn1nc(C)c(C(C)NC)c1C. The Bertz CT molecular complexity index is 302. The maximum absolute atomic E-state index is 4.55. The molecule has 3 heteroatoms. The van der Waals surface area contributed by atoms with E-state index in [1.165, 1.54) is 11.3 Å². The number of aromatic nitrogens is 2. The lowest BCUT2D eigenvalue weighted by Gasteiger charge is -2.11. The van der Waals surface area contributed by atoms with E-state index in [1.807, 2.05) is 7.05 Å². The molecule has 14 heavy (non-hydrogen) atoms. The van der Waals surface area contributed by atoms with Crippen molar-refractivity contribution in [3.05, 3.63) is 17.0 Å². The van der Waals surface area contributed by atoms with Gasteiger partial charge in [-0.3, -0.25) is 4.68 Å². The first-order valence-corrected chi connectivity index (χ1v) is 5.33. The molecule has 80 valence electrons. The summed E-state index contributed by atoms with van der Waals surface area (Å²) in [6.07, 6.45) is 1.13. The number of nitrogens with zero attached hydrogens (tertiary/aromatic N) is 2. The van der Waals surface area contributed by atoms with Crippen LogP contribution >= 0.6 is 0 Å². The summed E-state index contributed by atoms with van der Waals surface area (Å²) in [5.41, 5.74) is 3.80. The number of nitrogens with one attached hydrogen (secondary N) is 1. The van der Waals surface area contributed by atoms with Crippen molar-refractivity contribution in [2.75, 3.05) is 7.05 Å². The molecule has 1 aromatic heterocycles. The second-order valence-corrected chi connectivity index (χ2v) is 3.82. The van der Waals surface area contributed by atoms with Crippen molar-refractivity contribution in [3.8, 4) is 0 Å². The Balaban J connectivity index is 3.04. The minimum absolute atomic E-state index is 0.389. The molecule has 1 rings (SSSR count). The molecular formula is C11H21N3. The summed E-state index contributed by atoms with van der Waals surface area (Å²) in [4.78, 5) is 0. The summed E-state index contributed by atoms with van der Waals surface area (Å²) in [5, 5.41) is 7.81. The Labute approximate surface area is 86.5 Å².